The topological polar surface area (TPSA) is 88.2 Å². The summed E-state index contributed by atoms with van der Waals surface area (Å²) in [6.45, 7) is 1.14. The molecule has 0 spiro atoms. The number of aliphatic imine (C=N–C) groups is 1. The molecule has 0 radical (unpaired) electrons. The van der Waals surface area contributed by atoms with Crippen molar-refractivity contribution in [2.45, 2.75) is 18.7 Å². The highest BCUT2D eigenvalue weighted by molar-refractivity contribution is 14.0. The molecule has 0 amide bonds. The van der Waals surface area contributed by atoms with Gasteiger partial charge >= 0.3 is 0 Å². The molecule has 10 heteroatoms. The molecule has 0 fully saturated rings. The molecule has 3 rings (SSSR count). The maximum Gasteiger partial charge on any atom is 0.276 e. The number of hydrogen-bond acceptors (Lipinski definition) is 6. The van der Waals surface area contributed by atoms with Crippen molar-refractivity contribution < 1.29 is 8.91 Å². The third kappa shape index (κ3) is 6.94. The molecule has 160 valence electrons. The lowest BCUT2D eigenvalue weighted by Gasteiger charge is -2.13. The van der Waals surface area contributed by atoms with E-state index in [1.54, 1.807) is 37.1 Å². The Morgan fingerprint density at radius 1 is 1.20 bits per heavy atom. The van der Waals surface area contributed by atoms with Crippen LogP contribution in [0.15, 0.2) is 52.1 Å². The maximum atomic E-state index is 13.5. The van der Waals surface area contributed by atoms with E-state index >= 15 is 0 Å². The third-order valence-corrected chi connectivity index (χ3v) is 4.73. The number of nitrogens with one attached hydrogen (secondary N) is 2. The molecule has 1 aromatic carbocycles. The molecular formula is C20H24FIN6OS. The van der Waals surface area contributed by atoms with Crippen LogP contribution in [0, 0.1) is 5.82 Å². The number of rotatable bonds is 8. The fraction of sp³-hybridized carbons (Fsp3) is 0.300. The van der Waals surface area contributed by atoms with Gasteiger partial charge in [0.1, 0.15) is 11.5 Å². The summed E-state index contributed by atoms with van der Waals surface area (Å²) in [5.41, 5.74) is 2.67. The largest absolute Gasteiger partial charge is 0.356 e. The first-order valence-corrected chi connectivity index (χ1v) is 10.5. The van der Waals surface area contributed by atoms with Crippen LogP contribution in [-0.4, -0.2) is 40.9 Å². The fourth-order valence-corrected chi connectivity index (χ4v) is 3.28. The van der Waals surface area contributed by atoms with Gasteiger partial charge in [-0.2, -0.15) is 16.7 Å². The number of thioether (sulfide) groups is 1. The van der Waals surface area contributed by atoms with E-state index in [1.807, 2.05) is 24.5 Å². The molecule has 2 N–H and O–H groups in total. The quantitative estimate of drug-likeness (QED) is 0.255. The summed E-state index contributed by atoms with van der Waals surface area (Å²) in [4.78, 5) is 12.8. The predicted octanol–water partition coefficient (Wildman–Crippen LogP) is 3.66. The third-order valence-electron chi connectivity index (χ3n) is 4.13. The monoisotopic (exact) mass is 542 g/mol. The standard InChI is InChI=1S/C20H23FN6OS.HI/c1-22-20(25-12-14-6-7-16(21)11-15(14)13-29-2)24-10-8-18-26-19(28-27-18)17-5-3-4-9-23-17;/h3-7,9,11H,8,10,12-13H2,1-2H3,(H2,22,24,25);1H. The Morgan fingerprint density at radius 3 is 2.80 bits per heavy atom. The van der Waals surface area contributed by atoms with E-state index in [2.05, 4.69) is 30.8 Å². The first-order valence-electron chi connectivity index (χ1n) is 9.14. The van der Waals surface area contributed by atoms with E-state index in [0.29, 0.717) is 42.9 Å². The second-order valence-corrected chi connectivity index (χ2v) is 7.05. The molecule has 0 saturated heterocycles. The van der Waals surface area contributed by atoms with Crippen molar-refractivity contribution in [1.82, 2.24) is 25.8 Å². The molecule has 0 aliphatic carbocycles. The van der Waals surface area contributed by atoms with E-state index in [-0.39, 0.29) is 29.8 Å². The Kier molecular flexibility index (Phi) is 10.0. The molecule has 3 aromatic rings. The van der Waals surface area contributed by atoms with E-state index < -0.39 is 0 Å². The average Bonchev–Trinajstić information content (AvgIpc) is 3.21. The Morgan fingerprint density at radius 2 is 2.07 bits per heavy atom. The highest BCUT2D eigenvalue weighted by atomic mass is 127. The normalized spacial score (nSPS) is 11.1. The van der Waals surface area contributed by atoms with Crippen LogP contribution < -0.4 is 10.6 Å². The molecule has 0 aliphatic rings. The average molecular weight is 542 g/mol. The van der Waals surface area contributed by atoms with Crippen molar-refractivity contribution >= 4 is 41.7 Å². The minimum atomic E-state index is -0.217. The molecule has 0 unspecified atom stereocenters. The van der Waals surface area contributed by atoms with Gasteiger partial charge in [-0.05, 0) is 41.6 Å². The fourth-order valence-electron chi connectivity index (χ4n) is 2.70. The van der Waals surface area contributed by atoms with E-state index in [4.69, 9.17) is 4.52 Å². The number of benzene rings is 1. The molecule has 2 aromatic heterocycles. The van der Waals surface area contributed by atoms with E-state index in [1.165, 1.54) is 6.07 Å². The molecular weight excluding hydrogens is 518 g/mol. The van der Waals surface area contributed by atoms with Gasteiger partial charge in [0.15, 0.2) is 11.8 Å². The minimum absolute atomic E-state index is 0. The number of aromatic nitrogens is 3. The summed E-state index contributed by atoms with van der Waals surface area (Å²) >= 11 is 1.66. The molecule has 0 bridgehead atoms. The van der Waals surface area contributed by atoms with Crippen LogP contribution in [0.5, 0.6) is 0 Å². The maximum absolute atomic E-state index is 13.5. The van der Waals surface area contributed by atoms with Gasteiger partial charge in [-0.3, -0.25) is 9.98 Å². The number of halogens is 2. The van der Waals surface area contributed by atoms with Crippen LogP contribution in [-0.2, 0) is 18.7 Å². The van der Waals surface area contributed by atoms with Gasteiger partial charge in [0.25, 0.3) is 5.89 Å². The predicted molar refractivity (Wildman–Crippen MR) is 128 cm³/mol. The first kappa shape index (κ1) is 24.1. The lowest BCUT2D eigenvalue weighted by Crippen LogP contribution is -2.38. The Balaban J connectivity index is 0.00000320. The van der Waals surface area contributed by atoms with Crippen LogP contribution in [0.3, 0.4) is 0 Å². The molecule has 0 aliphatic heterocycles. The van der Waals surface area contributed by atoms with E-state index in [0.717, 1.165) is 16.9 Å². The first-order chi connectivity index (χ1) is 14.2. The van der Waals surface area contributed by atoms with Gasteiger partial charge in [0.2, 0.25) is 0 Å². The van der Waals surface area contributed by atoms with Crippen molar-refractivity contribution in [3.05, 3.63) is 65.4 Å². The van der Waals surface area contributed by atoms with Gasteiger partial charge < -0.3 is 15.2 Å². The zero-order valence-corrected chi connectivity index (χ0v) is 19.9. The Bertz CT molecular complexity index is 953. The van der Waals surface area contributed by atoms with Gasteiger partial charge in [-0.15, -0.1) is 24.0 Å². The van der Waals surface area contributed by atoms with E-state index in [9.17, 15) is 4.39 Å². The Labute approximate surface area is 196 Å². The molecule has 7 nitrogen and oxygen atoms in total. The smallest absolute Gasteiger partial charge is 0.276 e. The molecule has 0 saturated carbocycles. The number of hydrogen-bond donors (Lipinski definition) is 2. The highest BCUT2D eigenvalue weighted by Gasteiger charge is 2.10. The second kappa shape index (κ2) is 12.5. The van der Waals surface area contributed by atoms with Crippen LogP contribution in [0.25, 0.3) is 11.6 Å². The Hall–Kier alpha value is -2.21. The summed E-state index contributed by atoms with van der Waals surface area (Å²) in [6.07, 6.45) is 4.26. The van der Waals surface area contributed by atoms with Crippen LogP contribution in [0.4, 0.5) is 4.39 Å². The van der Waals surface area contributed by atoms with Crippen molar-refractivity contribution in [2.24, 2.45) is 4.99 Å². The molecule has 30 heavy (non-hydrogen) atoms. The van der Waals surface area contributed by atoms with Crippen molar-refractivity contribution in [3.8, 4) is 11.6 Å². The zero-order chi connectivity index (χ0) is 20.5. The summed E-state index contributed by atoms with van der Waals surface area (Å²) in [6, 6.07) is 10.4. The van der Waals surface area contributed by atoms with Crippen LogP contribution in [0.2, 0.25) is 0 Å². The summed E-state index contributed by atoms with van der Waals surface area (Å²) in [5, 5.41) is 10.5. The number of guanidine groups is 1. The summed E-state index contributed by atoms with van der Waals surface area (Å²) in [7, 11) is 1.70. The van der Waals surface area contributed by atoms with Crippen LogP contribution >= 0.6 is 35.7 Å². The molecule has 2 heterocycles. The lowest BCUT2D eigenvalue weighted by molar-refractivity contribution is 0.421. The van der Waals surface area contributed by atoms with Crippen LogP contribution in [0.1, 0.15) is 17.0 Å². The minimum Gasteiger partial charge on any atom is -0.356 e. The summed E-state index contributed by atoms with van der Waals surface area (Å²) in [5.74, 6) is 2.19. The number of pyridine rings is 1. The number of nitrogens with zero attached hydrogens (tertiary/aromatic N) is 4. The highest BCUT2D eigenvalue weighted by Crippen LogP contribution is 2.16. The van der Waals surface area contributed by atoms with Crippen molar-refractivity contribution in [3.63, 3.8) is 0 Å². The van der Waals surface area contributed by atoms with Crippen molar-refractivity contribution in [1.29, 1.82) is 0 Å². The second-order valence-electron chi connectivity index (χ2n) is 6.18. The SMILES string of the molecule is CN=C(NCCc1noc(-c2ccccn2)n1)NCc1ccc(F)cc1CSC.I. The molecule has 0 atom stereocenters. The van der Waals surface area contributed by atoms with Gasteiger partial charge in [-0.25, -0.2) is 4.39 Å². The van der Waals surface area contributed by atoms with Crippen molar-refractivity contribution in [2.75, 3.05) is 19.8 Å². The van der Waals surface area contributed by atoms with Gasteiger partial charge in [0, 0.05) is 38.5 Å². The van der Waals surface area contributed by atoms with Gasteiger partial charge in [0.05, 0.1) is 0 Å². The summed E-state index contributed by atoms with van der Waals surface area (Å²) < 4.78 is 18.7. The van der Waals surface area contributed by atoms with Gasteiger partial charge in [-0.1, -0.05) is 17.3 Å². The zero-order valence-electron chi connectivity index (χ0n) is 16.8. The lowest BCUT2D eigenvalue weighted by atomic mass is 10.1.